The van der Waals surface area contributed by atoms with Gasteiger partial charge in [0.1, 0.15) is 0 Å². The van der Waals surface area contributed by atoms with Crippen molar-refractivity contribution in [2.75, 3.05) is 0 Å². The van der Waals surface area contributed by atoms with Crippen LogP contribution >= 0.6 is 0 Å². The second-order valence-corrected chi connectivity index (χ2v) is 2.43. The molecule has 1 nitrogen and oxygen atoms in total. The minimum atomic E-state index is -0.270. The number of hydrogen-bond donors (Lipinski definition) is 1. The maximum absolute atomic E-state index is 9.04. The second-order valence-electron chi connectivity index (χ2n) is 2.43. The molecule has 1 atom stereocenters. The average molecular weight is 136 g/mol. The lowest BCUT2D eigenvalue weighted by molar-refractivity contribution is 0.225. The van der Waals surface area contributed by atoms with Gasteiger partial charge in [-0.05, 0) is 18.4 Å². The highest BCUT2D eigenvalue weighted by atomic mass is 16.3. The Labute approximate surface area is 61.4 Å². The maximum atomic E-state index is 9.04. The Morgan fingerprint density at radius 1 is 1.80 bits per heavy atom. The molecule has 0 amide bonds. The molecule has 0 saturated carbocycles. The summed E-state index contributed by atoms with van der Waals surface area (Å²) < 4.78 is 0. The summed E-state index contributed by atoms with van der Waals surface area (Å²) in [7, 11) is 0. The van der Waals surface area contributed by atoms with Crippen LogP contribution in [0.4, 0.5) is 0 Å². The fourth-order valence-electron chi connectivity index (χ4n) is 0.971. The van der Waals surface area contributed by atoms with E-state index in [9.17, 15) is 0 Å². The van der Waals surface area contributed by atoms with Crippen molar-refractivity contribution in [3.8, 4) is 0 Å². The molecule has 0 bridgehead atoms. The summed E-state index contributed by atoms with van der Waals surface area (Å²) in [6, 6.07) is 0. The lowest BCUT2D eigenvalue weighted by Crippen LogP contribution is -2.03. The molecule has 54 valence electrons. The molecule has 1 rings (SSSR count). The van der Waals surface area contributed by atoms with Gasteiger partial charge in [-0.25, -0.2) is 0 Å². The van der Waals surface area contributed by atoms with Crippen molar-refractivity contribution >= 4 is 0 Å². The summed E-state index contributed by atoms with van der Waals surface area (Å²) in [5.74, 6) is 0. The van der Waals surface area contributed by atoms with Crippen LogP contribution in [0.3, 0.4) is 0 Å². The molecule has 1 N–H and O–H groups in total. The predicted molar refractivity (Wildman–Crippen MR) is 42.7 cm³/mol. The molecule has 1 aliphatic rings. The summed E-state index contributed by atoms with van der Waals surface area (Å²) in [5, 5.41) is 9.04. The Kier molecular flexibility index (Phi) is 2.46. The van der Waals surface area contributed by atoms with E-state index in [-0.39, 0.29) is 6.10 Å². The van der Waals surface area contributed by atoms with Gasteiger partial charge in [0, 0.05) is 0 Å². The molecule has 0 aromatic heterocycles. The fraction of sp³-hybridized carbons (Fsp3) is 0.333. The highest BCUT2D eigenvalue weighted by molar-refractivity contribution is 5.25. The van der Waals surface area contributed by atoms with Crippen molar-refractivity contribution in [1.29, 1.82) is 0 Å². The highest BCUT2D eigenvalue weighted by Crippen LogP contribution is 2.13. The second kappa shape index (κ2) is 3.37. The van der Waals surface area contributed by atoms with Gasteiger partial charge in [-0.2, -0.15) is 0 Å². The zero-order valence-corrected chi connectivity index (χ0v) is 5.96. The van der Waals surface area contributed by atoms with E-state index in [2.05, 4.69) is 6.58 Å². The molecule has 1 unspecified atom stereocenters. The number of hydrogen-bond acceptors (Lipinski definition) is 1. The van der Waals surface area contributed by atoms with E-state index in [0.29, 0.717) is 0 Å². The van der Waals surface area contributed by atoms with Gasteiger partial charge in [0.15, 0.2) is 0 Å². The smallest absolute Gasteiger partial charge is 0.0758 e. The van der Waals surface area contributed by atoms with Crippen LogP contribution in [0.15, 0.2) is 36.5 Å². The van der Waals surface area contributed by atoms with Crippen LogP contribution in [-0.2, 0) is 0 Å². The third kappa shape index (κ3) is 1.85. The average Bonchev–Trinajstić information content (AvgIpc) is 1.95. The normalized spacial score (nSPS) is 24.1. The first-order valence-corrected chi connectivity index (χ1v) is 3.49. The Bertz CT molecular complexity index is 177. The first-order valence-electron chi connectivity index (χ1n) is 3.49. The summed E-state index contributed by atoms with van der Waals surface area (Å²) in [5.41, 5.74) is 1.25. The first kappa shape index (κ1) is 7.29. The molecule has 0 fully saturated rings. The summed E-state index contributed by atoms with van der Waals surface area (Å²) in [6.45, 7) is 3.64. The molecule has 1 heteroatoms. The molecule has 1 aliphatic carbocycles. The minimum absolute atomic E-state index is 0.270. The number of rotatable bonds is 2. The van der Waals surface area contributed by atoms with E-state index in [1.807, 2.05) is 24.3 Å². The molecular weight excluding hydrogens is 124 g/mol. The SMILES string of the molecule is C=CCC1=CCC(O)C=C1. The largest absolute Gasteiger partial charge is 0.389 e. The first-order chi connectivity index (χ1) is 4.83. The zero-order chi connectivity index (χ0) is 7.40. The van der Waals surface area contributed by atoms with Crippen LogP contribution in [0, 0.1) is 0 Å². The van der Waals surface area contributed by atoms with E-state index in [1.54, 1.807) is 0 Å². The molecule has 10 heavy (non-hydrogen) atoms. The van der Waals surface area contributed by atoms with Crippen LogP contribution < -0.4 is 0 Å². The van der Waals surface area contributed by atoms with Crippen LogP contribution in [0.2, 0.25) is 0 Å². The number of aliphatic hydroxyl groups excluding tert-OH is 1. The van der Waals surface area contributed by atoms with E-state index >= 15 is 0 Å². The molecule has 0 aromatic rings. The zero-order valence-electron chi connectivity index (χ0n) is 5.96. The molecule has 0 radical (unpaired) electrons. The van der Waals surface area contributed by atoms with E-state index in [4.69, 9.17) is 5.11 Å². The van der Waals surface area contributed by atoms with Gasteiger partial charge in [0.2, 0.25) is 0 Å². The predicted octanol–water partition coefficient (Wildman–Crippen LogP) is 1.81. The summed E-state index contributed by atoms with van der Waals surface area (Å²) >= 11 is 0. The van der Waals surface area contributed by atoms with Gasteiger partial charge in [-0.1, -0.05) is 24.3 Å². The van der Waals surface area contributed by atoms with Gasteiger partial charge >= 0.3 is 0 Å². The van der Waals surface area contributed by atoms with Crippen molar-refractivity contribution in [2.45, 2.75) is 18.9 Å². The molecule has 0 spiro atoms. The summed E-state index contributed by atoms with van der Waals surface area (Å²) in [6.07, 6.45) is 9.08. The Hall–Kier alpha value is -0.820. The number of allylic oxidation sites excluding steroid dienone is 3. The van der Waals surface area contributed by atoms with E-state index < -0.39 is 0 Å². The maximum Gasteiger partial charge on any atom is 0.0758 e. The van der Waals surface area contributed by atoms with Crippen LogP contribution in [0.1, 0.15) is 12.8 Å². The van der Waals surface area contributed by atoms with Crippen LogP contribution in [0.5, 0.6) is 0 Å². The van der Waals surface area contributed by atoms with Crippen molar-refractivity contribution in [3.63, 3.8) is 0 Å². The third-order valence-electron chi connectivity index (χ3n) is 1.53. The van der Waals surface area contributed by atoms with Crippen LogP contribution in [-0.4, -0.2) is 11.2 Å². The molecule has 0 aromatic carbocycles. The molecule has 0 aliphatic heterocycles. The van der Waals surface area contributed by atoms with Crippen molar-refractivity contribution in [1.82, 2.24) is 0 Å². The fourth-order valence-corrected chi connectivity index (χ4v) is 0.971. The lowest BCUT2D eigenvalue weighted by atomic mass is 10.0. The van der Waals surface area contributed by atoms with Crippen molar-refractivity contribution < 1.29 is 5.11 Å². The van der Waals surface area contributed by atoms with E-state index in [1.165, 1.54) is 5.57 Å². The quantitative estimate of drug-likeness (QED) is 0.574. The Balaban J connectivity index is 2.49. The van der Waals surface area contributed by atoms with Gasteiger partial charge < -0.3 is 5.11 Å². The molecule has 0 saturated heterocycles. The number of aliphatic hydroxyl groups is 1. The monoisotopic (exact) mass is 136 g/mol. The van der Waals surface area contributed by atoms with Crippen molar-refractivity contribution in [3.05, 3.63) is 36.5 Å². The van der Waals surface area contributed by atoms with Gasteiger partial charge in [-0.3, -0.25) is 0 Å². The van der Waals surface area contributed by atoms with Crippen molar-refractivity contribution in [2.24, 2.45) is 0 Å². The van der Waals surface area contributed by atoms with E-state index in [0.717, 1.165) is 12.8 Å². The third-order valence-corrected chi connectivity index (χ3v) is 1.53. The lowest BCUT2D eigenvalue weighted by Gasteiger charge is -2.08. The van der Waals surface area contributed by atoms with Gasteiger partial charge in [0.25, 0.3) is 0 Å². The Morgan fingerprint density at radius 2 is 2.60 bits per heavy atom. The highest BCUT2D eigenvalue weighted by Gasteiger charge is 2.02. The standard InChI is InChI=1S/C9H12O/c1-2-3-8-4-6-9(10)7-5-8/h2,4-6,9-10H,1,3,7H2. The molecule has 0 heterocycles. The van der Waals surface area contributed by atoms with Crippen LogP contribution in [0.25, 0.3) is 0 Å². The topological polar surface area (TPSA) is 20.2 Å². The van der Waals surface area contributed by atoms with Gasteiger partial charge in [0.05, 0.1) is 6.10 Å². The molecular formula is C9H12O. The Morgan fingerprint density at radius 3 is 3.10 bits per heavy atom. The van der Waals surface area contributed by atoms with Gasteiger partial charge in [-0.15, -0.1) is 6.58 Å². The minimum Gasteiger partial charge on any atom is -0.389 e. The summed E-state index contributed by atoms with van der Waals surface area (Å²) in [4.78, 5) is 0.